The Bertz CT molecular complexity index is 551. The van der Waals surface area contributed by atoms with Crippen molar-refractivity contribution in [3.8, 4) is 10.6 Å². The highest BCUT2D eigenvalue weighted by Gasteiger charge is 2.11. The molecule has 3 nitrogen and oxygen atoms in total. The summed E-state index contributed by atoms with van der Waals surface area (Å²) in [6.45, 7) is 7.02. The van der Waals surface area contributed by atoms with Crippen LogP contribution < -0.4 is 5.32 Å². The molecular weight excluding hydrogens is 261 g/mol. The van der Waals surface area contributed by atoms with Crippen molar-refractivity contribution in [3.05, 3.63) is 34.6 Å². The maximum atomic E-state index is 13.7. The molecule has 1 aromatic carbocycles. The number of hydrogen-bond acceptors (Lipinski definition) is 4. The van der Waals surface area contributed by atoms with Gasteiger partial charge < -0.3 is 5.32 Å². The zero-order valence-corrected chi connectivity index (χ0v) is 12.2. The predicted molar refractivity (Wildman–Crippen MR) is 76.9 cm³/mol. The Kier molecular flexibility index (Phi) is 4.61. The van der Waals surface area contributed by atoms with Crippen molar-refractivity contribution < 1.29 is 4.39 Å². The van der Waals surface area contributed by atoms with Crippen molar-refractivity contribution in [3.63, 3.8) is 0 Å². The van der Waals surface area contributed by atoms with Crippen LogP contribution in [-0.4, -0.2) is 22.8 Å². The minimum absolute atomic E-state index is 0.242. The highest BCUT2D eigenvalue weighted by molar-refractivity contribution is 7.14. The first kappa shape index (κ1) is 14.1. The Morgan fingerprint density at radius 3 is 2.84 bits per heavy atom. The Balaban J connectivity index is 2.10. The third-order valence-corrected chi connectivity index (χ3v) is 3.73. The van der Waals surface area contributed by atoms with Crippen LogP contribution in [0.25, 0.3) is 10.6 Å². The van der Waals surface area contributed by atoms with Gasteiger partial charge in [0, 0.05) is 24.6 Å². The first-order chi connectivity index (χ1) is 9.06. The van der Waals surface area contributed by atoms with E-state index in [1.165, 1.54) is 17.4 Å². The maximum Gasteiger partial charge on any atom is 0.150 e. The number of aryl methyl sites for hydroxylation is 1. The molecule has 0 atom stereocenters. The molecule has 1 aromatic heterocycles. The van der Waals surface area contributed by atoms with E-state index >= 15 is 0 Å². The number of benzene rings is 1. The van der Waals surface area contributed by atoms with E-state index in [4.69, 9.17) is 0 Å². The summed E-state index contributed by atoms with van der Waals surface area (Å²) in [6, 6.07) is 5.51. The molecule has 0 radical (unpaired) electrons. The van der Waals surface area contributed by atoms with Gasteiger partial charge in [-0.05, 0) is 19.1 Å². The lowest BCUT2D eigenvalue weighted by atomic mass is 10.1. The van der Waals surface area contributed by atoms with Crippen molar-refractivity contribution in [1.82, 2.24) is 15.5 Å². The highest BCUT2D eigenvalue weighted by atomic mass is 32.1. The highest BCUT2D eigenvalue weighted by Crippen LogP contribution is 2.27. The second-order valence-corrected chi connectivity index (χ2v) is 5.91. The van der Waals surface area contributed by atoms with Gasteiger partial charge in [-0.1, -0.05) is 36.8 Å². The number of halogens is 1. The topological polar surface area (TPSA) is 37.8 Å². The normalized spacial score (nSPS) is 11.2. The van der Waals surface area contributed by atoms with Gasteiger partial charge in [-0.3, -0.25) is 0 Å². The molecular formula is C14H18FN3S. The molecule has 0 aliphatic rings. The van der Waals surface area contributed by atoms with Crippen molar-refractivity contribution in [1.29, 1.82) is 0 Å². The maximum absolute atomic E-state index is 13.7. The molecule has 0 fully saturated rings. The first-order valence-electron chi connectivity index (χ1n) is 6.38. The number of hydrogen-bond donors (Lipinski definition) is 1. The SMILES string of the molecule is Cc1ccc(F)c(-c2nnc(CCNC(C)C)s2)c1. The fourth-order valence-corrected chi connectivity index (χ4v) is 2.59. The van der Waals surface area contributed by atoms with Crippen LogP contribution in [0.2, 0.25) is 0 Å². The van der Waals surface area contributed by atoms with E-state index in [2.05, 4.69) is 29.4 Å². The molecule has 19 heavy (non-hydrogen) atoms. The number of rotatable bonds is 5. The van der Waals surface area contributed by atoms with E-state index in [1.54, 1.807) is 6.07 Å². The Morgan fingerprint density at radius 2 is 2.11 bits per heavy atom. The number of nitrogens with zero attached hydrogens (tertiary/aromatic N) is 2. The molecule has 102 valence electrons. The summed E-state index contributed by atoms with van der Waals surface area (Å²) in [5.74, 6) is -0.242. The van der Waals surface area contributed by atoms with Gasteiger partial charge in [0.25, 0.3) is 0 Å². The predicted octanol–water partition coefficient (Wildman–Crippen LogP) is 3.19. The quantitative estimate of drug-likeness (QED) is 0.913. The van der Waals surface area contributed by atoms with Crippen molar-refractivity contribution >= 4 is 11.3 Å². The van der Waals surface area contributed by atoms with Gasteiger partial charge in [0.2, 0.25) is 0 Å². The lowest BCUT2D eigenvalue weighted by Gasteiger charge is -2.05. The summed E-state index contributed by atoms with van der Waals surface area (Å²) in [7, 11) is 0. The van der Waals surface area contributed by atoms with E-state index in [-0.39, 0.29) is 5.82 Å². The third-order valence-electron chi connectivity index (χ3n) is 2.71. The molecule has 0 saturated carbocycles. The summed E-state index contributed by atoms with van der Waals surface area (Å²) in [4.78, 5) is 0. The van der Waals surface area contributed by atoms with Gasteiger partial charge in [-0.2, -0.15) is 0 Å². The molecule has 1 N–H and O–H groups in total. The molecule has 0 unspecified atom stereocenters. The first-order valence-corrected chi connectivity index (χ1v) is 7.20. The minimum Gasteiger partial charge on any atom is -0.314 e. The van der Waals surface area contributed by atoms with Crippen LogP contribution in [0.4, 0.5) is 4.39 Å². The zero-order valence-electron chi connectivity index (χ0n) is 11.4. The van der Waals surface area contributed by atoms with E-state index < -0.39 is 0 Å². The average molecular weight is 279 g/mol. The Morgan fingerprint density at radius 1 is 1.32 bits per heavy atom. The summed E-state index contributed by atoms with van der Waals surface area (Å²) in [6.07, 6.45) is 0.823. The van der Waals surface area contributed by atoms with Crippen molar-refractivity contribution in [2.24, 2.45) is 0 Å². The molecule has 0 spiro atoms. The Hall–Kier alpha value is -1.33. The largest absolute Gasteiger partial charge is 0.314 e. The van der Waals surface area contributed by atoms with Gasteiger partial charge in [-0.25, -0.2) is 4.39 Å². The molecule has 0 aliphatic heterocycles. The lowest BCUT2D eigenvalue weighted by molar-refractivity contribution is 0.588. The molecule has 0 saturated heterocycles. The van der Waals surface area contributed by atoms with Crippen LogP contribution in [0.15, 0.2) is 18.2 Å². The fraction of sp³-hybridized carbons (Fsp3) is 0.429. The monoisotopic (exact) mass is 279 g/mol. The fourth-order valence-electron chi connectivity index (χ4n) is 1.73. The van der Waals surface area contributed by atoms with E-state index in [0.717, 1.165) is 23.5 Å². The van der Waals surface area contributed by atoms with Gasteiger partial charge in [-0.15, -0.1) is 10.2 Å². The summed E-state index contributed by atoms with van der Waals surface area (Å²) < 4.78 is 13.7. The molecule has 0 bridgehead atoms. The second-order valence-electron chi connectivity index (χ2n) is 4.84. The molecule has 2 aromatic rings. The standard InChI is InChI=1S/C14H18FN3S/c1-9(2)16-7-6-13-17-18-14(19-13)11-8-10(3)4-5-12(11)15/h4-5,8-9,16H,6-7H2,1-3H3. The van der Waals surface area contributed by atoms with E-state index in [1.807, 2.05) is 13.0 Å². The van der Waals surface area contributed by atoms with Crippen LogP contribution in [0.1, 0.15) is 24.4 Å². The average Bonchev–Trinajstić information content (AvgIpc) is 2.80. The van der Waals surface area contributed by atoms with Crippen LogP contribution in [0.3, 0.4) is 0 Å². The van der Waals surface area contributed by atoms with E-state index in [9.17, 15) is 4.39 Å². The molecule has 0 amide bonds. The molecule has 2 rings (SSSR count). The number of aromatic nitrogens is 2. The third kappa shape index (κ3) is 3.81. The van der Waals surface area contributed by atoms with Crippen LogP contribution >= 0.6 is 11.3 Å². The van der Waals surface area contributed by atoms with Crippen molar-refractivity contribution in [2.75, 3.05) is 6.54 Å². The molecule has 0 aliphatic carbocycles. The van der Waals surface area contributed by atoms with Crippen LogP contribution in [-0.2, 0) is 6.42 Å². The van der Waals surface area contributed by atoms with E-state index in [0.29, 0.717) is 16.6 Å². The summed E-state index contributed by atoms with van der Waals surface area (Å²) in [5.41, 5.74) is 1.56. The van der Waals surface area contributed by atoms with Gasteiger partial charge >= 0.3 is 0 Å². The smallest absolute Gasteiger partial charge is 0.150 e. The lowest BCUT2D eigenvalue weighted by Crippen LogP contribution is -2.24. The van der Waals surface area contributed by atoms with Crippen LogP contribution in [0, 0.1) is 12.7 Å². The van der Waals surface area contributed by atoms with Gasteiger partial charge in [0.1, 0.15) is 10.8 Å². The zero-order chi connectivity index (χ0) is 13.8. The Labute approximate surface area is 116 Å². The number of nitrogens with one attached hydrogen (secondary N) is 1. The molecule has 1 heterocycles. The van der Waals surface area contributed by atoms with Crippen molar-refractivity contribution in [2.45, 2.75) is 33.2 Å². The van der Waals surface area contributed by atoms with Crippen LogP contribution in [0.5, 0.6) is 0 Å². The summed E-state index contributed by atoms with van der Waals surface area (Å²) in [5, 5.41) is 13.1. The minimum atomic E-state index is -0.242. The second kappa shape index (κ2) is 6.21. The summed E-state index contributed by atoms with van der Waals surface area (Å²) >= 11 is 1.46. The van der Waals surface area contributed by atoms with Gasteiger partial charge in [0.15, 0.2) is 5.01 Å². The molecule has 5 heteroatoms. The van der Waals surface area contributed by atoms with Gasteiger partial charge in [0.05, 0.1) is 0 Å².